The maximum Gasteiger partial charge on any atom is 0.225 e. The summed E-state index contributed by atoms with van der Waals surface area (Å²) >= 11 is 0. The molecule has 8 heteroatoms. The van der Waals surface area contributed by atoms with E-state index in [1.807, 2.05) is 6.20 Å². The lowest BCUT2D eigenvalue weighted by Crippen LogP contribution is -2.42. The molecule has 2 N–H and O–H groups in total. The van der Waals surface area contributed by atoms with Gasteiger partial charge in [-0.15, -0.1) is 0 Å². The molecule has 2 atom stereocenters. The van der Waals surface area contributed by atoms with E-state index in [9.17, 15) is 9.90 Å². The summed E-state index contributed by atoms with van der Waals surface area (Å²) in [6, 6.07) is 0.865. The zero-order chi connectivity index (χ0) is 24.6. The number of nitrogens with one attached hydrogen (secondary N) is 1. The molecule has 0 radical (unpaired) electrons. The first-order chi connectivity index (χ1) is 17.6. The van der Waals surface area contributed by atoms with Crippen LogP contribution in [-0.4, -0.2) is 68.9 Å². The highest BCUT2D eigenvalue weighted by Crippen LogP contribution is 2.40. The van der Waals surface area contributed by atoms with Gasteiger partial charge in [-0.05, 0) is 75.2 Å². The number of amides is 1. The average Bonchev–Trinajstić information content (AvgIpc) is 3.58. The second-order valence-electron chi connectivity index (χ2n) is 11.5. The Morgan fingerprint density at radius 2 is 1.86 bits per heavy atom. The van der Waals surface area contributed by atoms with Crippen LogP contribution >= 0.6 is 0 Å². The first kappa shape index (κ1) is 24.2. The van der Waals surface area contributed by atoms with Crippen molar-refractivity contribution < 1.29 is 14.6 Å². The number of anilines is 1. The van der Waals surface area contributed by atoms with Crippen LogP contribution in [0.1, 0.15) is 88.7 Å². The molecule has 2 aliphatic carbocycles. The molecule has 4 fully saturated rings. The third kappa shape index (κ3) is 4.86. The van der Waals surface area contributed by atoms with Gasteiger partial charge in [0.1, 0.15) is 5.65 Å². The Bertz CT molecular complexity index is 1060. The fourth-order valence-electron chi connectivity index (χ4n) is 6.72. The second kappa shape index (κ2) is 10.3. The summed E-state index contributed by atoms with van der Waals surface area (Å²) in [5, 5.41) is 14.8. The molecular weight excluding hydrogens is 454 g/mol. The molecule has 2 aliphatic heterocycles. The van der Waals surface area contributed by atoms with Gasteiger partial charge in [-0.2, -0.15) is 4.98 Å². The molecular formula is C28H41N5O3. The molecule has 2 saturated carbocycles. The van der Waals surface area contributed by atoms with Gasteiger partial charge in [0, 0.05) is 62.1 Å². The van der Waals surface area contributed by atoms with Crippen LogP contribution < -0.4 is 5.32 Å². The normalized spacial score (nSPS) is 30.0. The number of aliphatic hydroxyl groups is 1. The first-order valence-corrected chi connectivity index (χ1v) is 14.3. The smallest absolute Gasteiger partial charge is 0.225 e. The predicted molar refractivity (Wildman–Crippen MR) is 139 cm³/mol. The third-order valence-corrected chi connectivity index (χ3v) is 9.24. The highest BCUT2D eigenvalue weighted by Gasteiger charge is 2.36. The van der Waals surface area contributed by atoms with Crippen molar-refractivity contribution in [2.24, 2.45) is 11.8 Å². The fraction of sp³-hybridized carbons (Fsp3) is 0.750. The Labute approximate surface area is 213 Å². The number of fused-ring (bicyclic) bond motifs is 1. The van der Waals surface area contributed by atoms with Gasteiger partial charge in [-0.1, -0.05) is 13.3 Å². The quantitative estimate of drug-likeness (QED) is 0.622. The van der Waals surface area contributed by atoms with Crippen LogP contribution in [0.4, 0.5) is 5.95 Å². The summed E-state index contributed by atoms with van der Waals surface area (Å²) in [5.41, 5.74) is 2.36. The van der Waals surface area contributed by atoms with Crippen molar-refractivity contribution in [3.05, 3.63) is 18.0 Å². The summed E-state index contributed by atoms with van der Waals surface area (Å²) in [4.78, 5) is 24.9. The van der Waals surface area contributed by atoms with E-state index in [4.69, 9.17) is 14.7 Å². The maximum atomic E-state index is 13.0. The SMILES string of the molecule is CC[C@H]1C[C@@H]1Nc1ncc2c(C3CCN(C(=O)C4CCOCC4)CC3)cn([C@H]3CC[C@H](O)CC3)c2n1. The molecule has 2 saturated heterocycles. The number of rotatable bonds is 6. The van der Waals surface area contributed by atoms with Crippen molar-refractivity contribution in [2.75, 3.05) is 31.6 Å². The number of likely N-dealkylation sites (tertiary alicyclic amines) is 1. The molecule has 0 aromatic carbocycles. The molecule has 8 nitrogen and oxygen atoms in total. The van der Waals surface area contributed by atoms with E-state index in [2.05, 4.69) is 27.9 Å². The molecule has 2 aromatic heterocycles. The molecule has 36 heavy (non-hydrogen) atoms. The van der Waals surface area contributed by atoms with E-state index in [0.29, 0.717) is 37.1 Å². The fourth-order valence-corrected chi connectivity index (χ4v) is 6.72. The van der Waals surface area contributed by atoms with Crippen LogP contribution in [-0.2, 0) is 9.53 Å². The maximum absolute atomic E-state index is 13.0. The standard InChI is InChI=1S/C28H41N5O3/c1-2-18-15-25(18)30-28-29-16-23-24(17-33(26(23)31-28)21-3-5-22(34)6-4-21)19-7-11-32(12-8-19)27(35)20-9-13-36-14-10-20/h16-22,25,34H,2-15H2,1H3,(H,29,30,31)/t18-,21-,22-,25-/m0/s1. The molecule has 196 valence electrons. The van der Waals surface area contributed by atoms with Crippen LogP contribution in [0.2, 0.25) is 0 Å². The summed E-state index contributed by atoms with van der Waals surface area (Å²) < 4.78 is 7.83. The van der Waals surface area contributed by atoms with Crippen LogP contribution in [0.25, 0.3) is 11.0 Å². The number of piperidine rings is 1. The van der Waals surface area contributed by atoms with E-state index in [1.165, 1.54) is 18.4 Å². The Hall–Kier alpha value is -2.19. The monoisotopic (exact) mass is 495 g/mol. The summed E-state index contributed by atoms with van der Waals surface area (Å²) in [5.74, 6) is 2.35. The lowest BCUT2D eigenvalue weighted by atomic mass is 9.88. The van der Waals surface area contributed by atoms with Gasteiger partial charge in [0.15, 0.2) is 0 Å². The Morgan fingerprint density at radius 3 is 2.56 bits per heavy atom. The lowest BCUT2D eigenvalue weighted by Gasteiger charge is -2.35. The molecule has 4 aliphatic rings. The van der Waals surface area contributed by atoms with Crippen molar-refractivity contribution in [3.63, 3.8) is 0 Å². The van der Waals surface area contributed by atoms with Crippen LogP contribution in [0, 0.1) is 11.8 Å². The number of carbonyl (C=O) groups excluding carboxylic acids is 1. The third-order valence-electron chi connectivity index (χ3n) is 9.24. The largest absolute Gasteiger partial charge is 0.393 e. The van der Waals surface area contributed by atoms with Gasteiger partial charge >= 0.3 is 0 Å². The molecule has 0 spiro atoms. The van der Waals surface area contributed by atoms with Crippen LogP contribution in [0.15, 0.2) is 12.4 Å². The highest BCUT2D eigenvalue weighted by molar-refractivity contribution is 5.82. The zero-order valence-electron chi connectivity index (χ0n) is 21.6. The van der Waals surface area contributed by atoms with Crippen molar-refractivity contribution in [1.82, 2.24) is 19.4 Å². The zero-order valence-corrected chi connectivity index (χ0v) is 21.6. The van der Waals surface area contributed by atoms with Gasteiger partial charge in [0.25, 0.3) is 0 Å². The van der Waals surface area contributed by atoms with E-state index < -0.39 is 0 Å². The van der Waals surface area contributed by atoms with Crippen molar-refractivity contribution in [3.8, 4) is 0 Å². The van der Waals surface area contributed by atoms with Crippen LogP contribution in [0.3, 0.4) is 0 Å². The number of aromatic nitrogens is 3. The Morgan fingerprint density at radius 1 is 1.11 bits per heavy atom. The molecule has 2 aromatic rings. The second-order valence-corrected chi connectivity index (χ2v) is 11.5. The van der Waals surface area contributed by atoms with Crippen molar-refractivity contribution in [2.45, 2.75) is 95.2 Å². The lowest BCUT2D eigenvalue weighted by molar-refractivity contribution is -0.139. The van der Waals surface area contributed by atoms with Gasteiger partial charge in [0.05, 0.1) is 6.10 Å². The highest BCUT2D eigenvalue weighted by atomic mass is 16.5. The van der Waals surface area contributed by atoms with Crippen molar-refractivity contribution >= 4 is 22.9 Å². The van der Waals surface area contributed by atoms with Gasteiger partial charge in [-0.25, -0.2) is 4.98 Å². The first-order valence-electron chi connectivity index (χ1n) is 14.3. The number of carbonyl (C=O) groups is 1. The minimum Gasteiger partial charge on any atom is -0.393 e. The van der Waals surface area contributed by atoms with E-state index >= 15 is 0 Å². The number of nitrogens with zero attached hydrogens (tertiary/aromatic N) is 4. The molecule has 0 bridgehead atoms. The van der Waals surface area contributed by atoms with E-state index in [-0.39, 0.29) is 12.0 Å². The number of hydrogen-bond acceptors (Lipinski definition) is 6. The number of hydrogen-bond donors (Lipinski definition) is 2. The van der Waals surface area contributed by atoms with Gasteiger partial charge in [0.2, 0.25) is 11.9 Å². The molecule has 4 heterocycles. The number of ether oxygens (including phenoxy) is 1. The minimum atomic E-state index is -0.173. The summed E-state index contributed by atoms with van der Waals surface area (Å²) in [6.07, 6.45) is 13.9. The number of aliphatic hydroxyl groups excluding tert-OH is 1. The topological polar surface area (TPSA) is 92.5 Å². The summed E-state index contributed by atoms with van der Waals surface area (Å²) in [7, 11) is 0. The Balaban J connectivity index is 1.22. The Kier molecular flexibility index (Phi) is 6.90. The van der Waals surface area contributed by atoms with Crippen molar-refractivity contribution in [1.29, 1.82) is 0 Å². The molecule has 0 unspecified atom stereocenters. The molecule has 6 rings (SSSR count). The van der Waals surface area contributed by atoms with E-state index in [1.54, 1.807) is 0 Å². The average molecular weight is 496 g/mol. The molecule has 1 amide bonds. The van der Waals surface area contributed by atoms with E-state index in [0.717, 1.165) is 87.4 Å². The van der Waals surface area contributed by atoms with Gasteiger partial charge < -0.3 is 24.6 Å². The van der Waals surface area contributed by atoms with Crippen LogP contribution in [0.5, 0.6) is 0 Å². The van der Waals surface area contributed by atoms with Gasteiger partial charge in [-0.3, -0.25) is 4.79 Å². The summed E-state index contributed by atoms with van der Waals surface area (Å²) in [6.45, 7) is 5.31. The predicted octanol–water partition coefficient (Wildman–Crippen LogP) is 4.25. The minimum absolute atomic E-state index is 0.136.